The largest absolute Gasteiger partial charge is 0.343 e. The number of hydrogen-bond acceptors (Lipinski definition) is 1. The van der Waals surface area contributed by atoms with Gasteiger partial charge in [-0.05, 0) is 35.0 Å². The van der Waals surface area contributed by atoms with E-state index in [0.717, 1.165) is 13.1 Å². The van der Waals surface area contributed by atoms with E-state index in [1.807, 2.05) is 0 Å². The lowest BCUT2D eigenvalue weighted by molar-refractivity contribution is 0.564. The first-order chi connectivity index (χ1) is 8.13. The van der Waals surface area contributed by atoms with E-state index < -0.39 is 0 Å². The van der Waals surface area contributed by atoms with Gasteiger partial charge in [-0.3, -0.25) is 0 Å². The van der Waals surface area contributed by atoms with Crippen LogP contribution in [0.15, 0.2) is 28.7 Å². The SMILES string of the molecule is CCn1c(CNC(C)C)cc2cccc(Br)c21. The Morgan fingerprint density at radius 2 is 2.12 bits per heavy atom. The van der Waals surface area contributed by atoms with Gasteiger partial charge in [0.2, 0.25) is 0 Å². The number of fused-ring (bicyclic) bond motifs is 1. The molecule has 1 heterocycles. The van der Waals surface area contributed by atoms with Gasteiger partial charge in [-0.2, -0.15) is 0 Å². The van der Waals surface area contributed by atoms with Gasteiger partial charge < -0.3 is 9.88 Å². The smallest absolute Gasteiger partial charge is 0.0627 e. The predicted molar refractivity (Wildman–Crippen MR) is 77.3 cm³/mol. The van der Waals surface area contributed by atoms with E-state index in [-0.39, 0.29) is 0 Å². The minimum atomic E-state index is 0.516. The van der Waals surface area contributed by atoms with Crippen LogP contribution in [0.3, 0.4) is 0 Å². The lowest BCUT2D eigenvalue weighted by atomic mass is 10.2. The van der Waals surface area contributed by atoms with Crippen LogP contribution in [0.4, 0.5) is 0 Å². The lowest BCUT2D eigenvalue weighted by Gasteiger charge is -2.11. The number of hydrogen-bond donors (Lipinski definition) is 1. The molecule has 92 valence electrons. The molecule has 0 unspecified atom stereocenters. The molecule has 0 saturated carbocycles. The van der Waals surface area contributed by atoms with Crippen molar-refractivity contribution in [2.24, 2.45) is 0 Å². The second-order valence-corrected chi connectivity index (χ2v) is 5.45. The van der Waals surface area contributed by atoms with Crippen LogP contribution in [-0.4, -0.2) is 10.6 Å². The molecule has 0 aliphatic rings. The molecule has 0 radical (unpaired) electrons. The molecular weight excluding hydrogens is 276 g/mol. The summed E-state index contributed by atoms with van der Waals surface area (Å²) in [6.07, 6.45) is 0. The van der Waals surface area contributed by atoms with E-state index in [0.29, 0.717) is 6.04 Å². The standard InChI is InChI=1S/C14H19BrN2/c1-4-17-12(9-16-10(2)3)8-11-6-5-7-13(15)14(11)17/h5-8,10,16H,4,9H2,1-3H3. The highest BCUT2D eigenvalue weighted by atomic mass is 79.9. The van der Waals surface area contributed by atoms with Crippen molar-refractivity contribution in [1.29, 1.82) is 0 Å². The molecule has 0 bridgehead atoms. The van der Waals surface area contributed by atoms with Gasteiger partial charge in [0.05, 0.1) is 5.52 Å². The van der Waals surface area contributed by atoms with Crippen molar-refractivity contribution in [1.82, 2.24) is 9.88 Å². The number of aryl methyl sites for hydroxylation is 1. The molecule has 0 aliphatic carbocycles. The summed E-state index contributed by atoms with van der Waals surface area (Å²) in [6, 6.07) is 9.16. The summed E-state index contributed by atoms with van der Waals surface area (Å²) in [4.78, 5) is 0. The summed E-state index contributed by atoms with van der Waals surface area (Å²) in [6.45, 7) is 8.47. The topological polar surface area (TPSA) is 17.0 Å². The molecular formula is C14H19BrN2. The van der Waals surface area contributed by atoms with Crippen molar-refractivity contribution >= 4 is 26.8 Å². The van der Waals surface area contributed by atoms with E-state index in [1.165, 1.54) is 21.1 Å². The van der Waals surface area contributed by atoms with E-state index in [9.17, 15) is 0 Å². The highest BCUT2D eigenvalue weighted by Gasteiger charge is 2.09. The third-order valence-electron chi connectivity index (χ3n) is 2.96. The lowest BCUT2D eigenvalue weighted by Crippen LogP contribution is -2.23. The van der Waals surface area contributed by atoms with Crippen molar-refractivity contribution < 1.29 is 0 Å². The number of nitrogens with one attached hydrogen (secondary N) is 1. The van der Waals surface area contributed by atoms with Crippen LogP contribution in [0.2, 0.25) is 0 Å². The minimum Gasteiger partial charge on any atom is -0.343 e. The van der Waals surface area contributed by atoms with Crippen LogP contribution in [0.5, 0.6) is 0 Å². The molecule has 17 heavy (non-hydrogen) atoms. The fourth-order valence-electron chi connectivity index (χ4n) is 2.15. The maximum atomic E-state index is 3.64. The van der Waals surface area contributed by atoms with Gasteiger partial charge in [0.1, 0.15) is 0 Å². The summed E-state index contributed by atoms with van der Waals surface area (Å²) in [5.74, 6) is 0. The van der Waals surface area contributed by atoms with Crippen molar-refractivity contribution in [3.63, 3.8) is 0 Å². The molecule has 2 aromatic rings. The van der Waals surface area contributed by atoms with Crippen molar-refractivity contribution in [3.8, 4) is 0 Å². The second-order valence-electron chi connectivity index (χ2n) is 4.59. The fraction of sp³-hybridized carbons (Fsp3) is 0.429. The van der Waals surface area contributed by atoms with Gasteiger partial charge in [-0.1, -0.05) is 26.0 Å². The molecule has 0 atom stereocenters. The van der Waals surface area contributed by atoms with Crippen LogP contribution in [0, 0.1) is 0 Å². The average Bonchev–Trinajstić information content (AvgIpc) is 2.65. The van der Waals surface area contributed by atoms with Crippen LogP contribution < -0.4 is 5.32 Å². The summed E-state index contributed by atoms with van der Waals surface area (Å²) in [5.41, 5.74) is 2.65. The summed E-state index contributed by atoms with van der Waals surface area (Å²) >= 11 is 3.64. The maximum Gasteiger partial charge on any atom is 0.0627 e. The Bertz CT molecular complexity index is 514. The van der Waals surface area contributed by atoms with E-state index in [1.54, 1.807) is 0 Å². The third kappa shape index (κ3) is 2.55. The first-order valence-electron chi connectivity index (χ1n) is 6.13. The Hall–Kier alpha value is -0.800. The predicted octanol–water partition coefficient (Wildman–Crippen LogP) is 3.92. The van der Waals surface area contributed by atoms with E-state index >= 15 is 0 Å². The Kier molecular flexibility index (Phi) is 3.89. The van der Waals surface area contributed by atoms with Crippen molar-refractivity contribution in [2.75, 3.05) is 0 Å². The third-order valence-corrected chi connectivity index (χ3v) is 3.60. The van der Waals surface area contributed by atoms with Gasteiger partial charge in [-0.15, -0.1) is 0 Å². The van der Waals surface area contributed by atoms with E-state index in [4.69, 9.17) is 0 Å². The molecule has 2 nitrogen and oxygen atoms in total. The Balaban J connectivity index is 2.45. The normalized spacial score (nSPS) is 11.6. The number of para-hydroxylation sites is 1. The zero-order valence-electron chi connectivity index (χ0n) is 10.6. The van der Waals surface area contributed by atoms with Gasteiger partial charge in [0.25, 0.3) is 0 Å². The van der Waals surface area contributed by atoms with Gasteiger partial charge >= 0.3 is 0 Å². The highest BCUT2D eigenvalue weighted by Crippen LogP contribution is 2.27. The molecule has 0 amide bonds. The van der Waals surface area contributed by atoms with Crippen LogP contribution >= 0.6 is 15.9 Å². The van der Waals surface area contributed by atoms with Crippen LogP contribution in [0.1, 0.15) is 26.5 Å². The monoisotopic (exact) mass is 294 g/mol. The van der Waals surface area contributed by atoms with Crippen molar-refractivity contribution in [2.45, 2.75) is 39.9 Å². The van der Waals surface area contributed by atoms with Gasteiger partial charge in [-0.25, -0.2) is 0 Å². The average molecular weight is 295 g/mol. The summed E-state index contributed by atoms with van der Waals surface area (Å²) in [7, 11) is 0. The number of benzene rings is 1. The Labute approximate surface area is 111 Å². The second kappa shape index (κ2) is 5.23. The van der Waals surface area contributed by atoms with Crippen molar-refractivity contribution in [3.05, 3.63) is 34.4 Å². The highest BCUT2D eigenvalue weighted by molar-refractivity contribution is 9.10. The van der Waals surface area contributed by atoms with Crippen LogP contribution in [-0.2, 0) is 13.1 Å². The fourth-order valence-corrected chi connectivity index (χ4v) is 2.75. The first kappa shape index (κ1) is 12.7. The molecule has 1 N–H and O–H groups in total. The molecule has 3 heteroatoms. The maximum absolute atomic E-state index is 3.64. The molecule has 1 aromatic heterocycles. The molecule has 2 rings (SSSR count). The number of aromatic nitrogens is 1. The first-order valence-corrected chi connectivity index (χ1v) is 6.92. The Morgan fingerprint density at radius 3 is 2.76 bits per heavy atom. The molecule has 0 saturated heterocycles. The van der Waals surface area contributed by atoms with E-state index in [2.05, 4.69) is 70.9 Å². The van der Waals surface area contributed by atoms with Gasteiger partial charge in [0, 0.05) is 34.7 Å². The Morgan fingerprint density at radius 1 is 1.35 bits per heavy atom. The quantitative estimate of drug-likeness (QED) is 0.904. The zero-order chi connectivity index (χ0) is 12.4. The molecule has 0 aliphatic heterocycles. The summed E-state index contributed by atoms with van der Waals surface area (Å²) < 4.78 is 3.54. The number of halogens is 1. The number of nitrogens with zero attached hydrogens (tertiary/aromatic N) is 1. The van der Waals surface area contributed by atoms with Crippen LogP contribution in [0.25, 0.3) is 10.9 Å². The molecule has 0 fully saturated rings. The number of rotatable bonds is 4. The minimum absolute atomic E-state index is 0.516. The molecule has 1 aromatic carbocycles. The van der Waals surface area contributed by atoms with Gasteiger partial charge in [0.15, 0.2) is 0 Å². The zero-order valence-corrected chi connectivity index (χ0v) is 12.2. The molecule has 0 spiro atoms. The summed E-state index contributed by atoms with van der Waals surface area (Å²) in [5, 5.41) is 4.79.